The molecule has 2 aliphatic rings. The van der Waals surface area contributed by atoms with Crippen LogP contribution in [0.3, 0.4) is 0 Å². The fraction of sp³-hybridized carbons (Fsp3) is 0.338. The van der Waals surface area contributed by atoms with Crippen molar-refractivity contribution in [2.24, 2.45) is 0 Å². The number of esters is 2. The number of unbranched alkanes of at least 4 members (excludes halogenated alkanes) is 1. The van der Waals surface area contributed by atoms with E-state index in [0.717, 1.165) is 33.7 Å². The van der Waals surface area contributed by atoms with Crippen molar-refractivity contribution in [2.45, 2.75) is 121 Å². The molecule has 2 fully saturated rings. The topological polar surface area (TPSA) is 375 Å². The number of hydrogen-bond donors (Lipinski definition) is 7. The molecule has 0 radical (unpaired) electrons. The monoisotopic (exact) mass is 1510 g/mol. The Labute approximate surface area is 618 Å². The third-order valence-electron chi connectivity index (χ3n) is 15.8. The maximum absolute atomic E-state index is 15.9. The molecule has 0 amide bonds. The normalized spacial score (nSPS) is 21.4. The average Bonchev–Trinajstić information content (AvgIpc) is 1.61. The van der Waals surface area contributed by atoms with E-state index < -0.39 is 100 Å². The zero-order valence-corrected chi connectivity index (χ0v) is 61.8. The minimum atomic E-state index is -4.46. The van der Waals surface area contributed by atoms with Crippen molar-refractivity contribution < 1.29 is 97.2 Å². The van der Waals surface area contributed by atoms with Gasteiger partial charge in [0.25, 0.3) is 0 Å². The van der Waals surface area contributed by atoms with Crippen molar-refractivity contribution in [3.63, 3.8) is 0 Å². The number of methoxy groups -OCH3 is 2. The number of carbonyl (C=O) groups excluding carboxylic acids is 2. The van der Waals surface area contributed by atoms with Crippen LogP contribution in [-0.4, -0.2) is 165 Å². The van der Waals surface area contributed by atoms with Gasteiger partial charge < -0.3 is 83.6 Å². The number of imidazole rings is 2. The Morgan fingerprint density at radius 3 is 1.48 bits per heavy atom. The zero-order chi connectivity index (χ0) is 72.8. The molecular formula is C68H78Cl2F2MgN12O16P2. The number of nitrogen functional groups attached to an aromatic ring is 2. The van der Waals surface area contributed by atoms with E-state index in [4.69, 9.17) is 69.8 Å². The maximum Gasteiger partial charge on any atom is 2.00 e. The number of alkyl halides is 2. The molecule has 0 aliphatic carbocycles. The summed E-state index contributed by atoms with van der Waals surface area (Å²) in [6.45, 7) is 6.31. The molecular weight excluding hydrogens is 1440 g/mol. The summed E-state index contributed by atoms with van der Waals surface area (Å²) in [5.41, 5.74) is 9.96. The molecule has 0 saturated carbocycles. The van der Waals surface area contributed by atoms with E-state index >= 15 is 4.39 Å². The molecule has 12 atom stereocenters. The van der Waals surface area contributed by atoms with Crippen LogP contribution in [0.5, 0.6) is 23.3 Å². The van der Waals surface area contributed by atoms with Gasteiger partial charge in [0, 0.05) is 22.0 Å². The smallest absolute Gasteiger partial charge is 1.00 e. The molecule has 10 aromatic rings. The molecule has 12 rings (SSSR count). The predicted octanol–water partition coefficient (Wildman–Crippen LogP) is 7.41. The number of aliphatic hydroxyl groups excluding tert-OH is 1. The summed E-state index contributed by atoms with van der Waals surface area (Å²) in [5, 5.41) is 39.1. The number of nitrogens with two attached hydrogens (primary N) is 2. The van der Waals surface area contributed by atoms with Crippen LogP contribution in [0.25, 0.3) is 43.9 Å². The van der Waals surface area contributed by atoms with E-state index in [1.165, 1.54) is 70.1 Å². The molecule has 103 heavy (non-hydrogen) atoms. The molecule has 35 heteroatoms. The molecule has 2 saturated heterocycles. The molecule has 28 nitrogen and oxygen atoms in total. The molecule has 6 heterocycles. The van der Waals surface area contributed by atoms with Crippen LogP contribution in [0.1, 0.15) is 71.0 Å². The van der Waals surface area contributed by atoms with Crippen LogP contribution >= 0.6 is 25.9 Å². The average molecular weight is 1510 g/mol. The number of anilines is 2. The number of hydrogen-bond acceptors (Lipinski definition) is 24. The van der Waals surface area contributed by atoms with Crippen molar-refractivity contribution in [3.8, 4) is 23.3 Å². The number of nitrogens with zero attached hydrogens (tertiary/aromatic N) is 8. The van der Waals surface area contributed by atoms with Crippen molar-refractivity contribution in [1.29, 1.82) is 0 Å². The van der Waals surface area contributed by atoms with Crippen molar-refractivity contribution in [3.05, 3.63) is 176 Å². The van der Waals surface area contributed by atoms with Crippen LogP contribution in [0.4, 0.5) is 20.7 Å². The van der Waals surface area contributed by atoms with Gasteiger partial charge in [0.1, 0.15) is 60.2 Å². The van der Waals surface area contributed by atoms with Gasteiger partial charge in [0.05, 0.1) is 40.1 Å². The summed E-state index contributed by atoms with van der Waals surface area (Å²) in [4.78, 5) is 49.5. The largest absolute Gasteiger partial charge is 2.00 e. The second kappa shape index (κ2) is 36.6. The number of aliphatic hydroxyl groups is 3. The first-order chi connectivity index (χ1) is 48.2. The first kappa shape index (κ1) is 82.3. The summed E-state index contributed by atoms with van der Waals surface area (Å²) in [7, 11) is -1.68. The molecule has 4 unspecified atom stereocenters. The summed E-state index contributed by atoms with van der Waals surface area (Å²) in [6.07, 6.45) is -3.98. The third kappa shape index (κ3) is 20.1. The van der Waals surface area contributed by atoms with E-state index in [1.54, 1.807) is 48.5 Å². The van der Waals surface area contributed by atoms with Gasteiger partial charge in [-0.2, -0.15) is 31.4 Å². The fourth-order valence-corrected chi connectivity index (χ4v) is 13.8. The third-order valence-corrected chi connectivity index (χ3v) is 19.1. The Morgan fingerprint density at radius 2 is 1.05 bits per heavy atom. The fourth-order valence-electron chi connectivity index (χ4n) is 10.5. The van der Waals surface area contributed by atoms with E-state index in [1.807, 2.05) is 97.1 Å². The van der Waals surface area contributed by atoms with E-state index in [2.05, 4.69) is 53.9 Å². The molecule has 0 bridgehead atoms. The number of benzene rings is 6. The quantitative estimate of drug-likeness (QED) is 0.0142. The Hall–Kier alpha value is -7.97. The van der Waals surface area contributed by atoms with Gasteiger partial charge in [0.15, 0.2) is 47.1 Å². The molecule has 6 aromatic carbocycles. The Kier molecular flexibility index (Phi) is 29.3. The van der Waals surface area contributed by atoms with Crippen LogP contribution < -0.4 is 52.6 Å². The number of nitrogens with one attached hydrogen (secondary N) is 2. The Bertz CT molecular complexity index is 4550. The van der Waals surface area contributed by atoms with Gasteiger partial charge in [-0.05, 0) is 61.7 Å². The first-order valence-electron chi connectivity index (χ1n) is 31.6. The predicted molar refractivity (Wildman–Crippen MR) is 378 cm³/mol. The summed E-state index contributed by atoms with van der Waals surface area (Å²) < 4.78 is 109. The van der Waals surface area contributed by atoms with Gasteiger partial charge >= 0.3 is 49.6 Å². The van der Waals surface area contributed by atoms with Crippen molar-refractivity contribution >= 4 is 117 Å². The van der Waals surface area contributed by atoms with Crippen LogP contribution in [0.15, 0.2) is 158 Å². The maximum atomic E-state index is 15.9. The molecule has 0 spiro atoms. The van der Waals surface area contributed by atoms with Gasteiger partial charge in [-0.15, -0.1) is 0 Å². The van der Waals surface area contributed by atoms with Crippen molar-refractivity contribution in [1.82, 2.24) is 49.2 Å². The molecule has 546 valence electrons. The summed E-state index contributed by atoms with van der Waals surface area (Å²) >= 11 is 6.04. The standard InChI is InChI=1S/C32H34FN6O8P.C20H19ClNO4P.C12H16FN5O4.C4H9.ClH.Mg/c1-19(29(40)44-16-20-10-5-4-6-11-20)38-48(42,47-23-15-9-13-21-12-7-8-14-22(21)23)45-17-24-26(33)32(2,41)30(46-24)39-18-35-25-27(39)36-31(34)37-28(25)43-3;1-15(20(23)25-14-16-8-3-2-4-9-16)22-27(21,24)26-19-13-7-11-17-10-5-6-12-18(17)19;1-12(20)7(13)5(3-19)22-10(12)18-4-15-6-8(18)16-11(14)17-9(6)21-2;1-3-4-2;;/h4-15,18-19,24,26,30,41H,16-17H2,1-3H3,(H,38,42)(H2,34,36,37);2-13,15H,14H2,1H3,(H,22,24);4-5,7,10,19-20H,3H2,1-2H3,(H2,14,16,17);1,3-4H2,2H3;1H;/q;;;-1;;+2/p-1/t19-,24+,26+,30?,32+,48?;15-,27?;5-,7-,10?,12-;;;/m001.../s1. The Balaban J connectivity index is 0.000000228. The number of halogens is 4. The molecule has 9 N–H and O–H groups in total. The van der Waals surface area contributed by atoms with Crippen LogP contribution in [-0.2, 0) is 55.4 Å². The molecule has 2 aliphatic heterocycles. The molecule has 4 aromatic heterocycles. The van der Waals surface area contributed by atoms with E-state index in [9.17, 15) is 33.3 Å². The minimum absolute atomic E-state index is 0. The van der Waals surface area contributed by atoms with E-state index in [0.29, 0.717) is 16.7 Å². The summed E-state index contributed by atoms with van der Waals surface area (Å²) in [5.74, 6) is -0.669. The van der Waals surface area contributed by atoms with Crippen LogP contribution in [0.2, 0.25) is 0 Å². The summed E-state index contributed by atoms with van der Waals surface area (Å²) in [6, 6.07) is 41.6. The van der Waals surface area contributed by atoms with Gasteiger partial charge in [0.2, 0.25) is 23.7 Å². The van der Waals surface area contributed by atoms with Crippen LogP contribution in [0, 0.1) is 6.92 Å². The first-order valence-corrected chi connectivity index (χ1v) is 35.7. The zero-order valence-electron chi connectivity index (χ0n) is 57.1. The Morgan fingerprint density at radius 1 is 0.650 bits per heavy atom. The second-order valence-electron chi connectivity index (χ2n) is 23.5. The van der Waals surface area contributed by atoms with Gasteiger partial charge in [-0.1, -0.05) is 147 Å². The number of rotatable bonds is 23. The number of ether oxygens (including phenoxy) is 6. The second-order valence-corrected chi connectivity index (χ2v) is 27.9. The number of aromatic nitrogens is 8. The minimum Gasteiger partial charge on any atom is -1.00 e. The number of fused-ring (bicyclic) bond motifs is 4. The van der Waals surface area contributed by atoms with Crippen molar-refractivity contribution in [2.75, 3.05) is 38.9 Å². The van der Waals surface area contributed by atoms with Gasteiger partial charge in [-0.3, -0.25) is 23.2 Å². The van der Waals surface area contributed by atoms with E-state index in [-0.39, 0.29) is 94.9 Å². The van der Waals surface area contributed by atoms with Gasteiger partial charge in [-0.25, -0.2) is 33.0 Å². The number of carbonyl (C=O) groups is 2. The SMILES string of the molecule is COc1nc(N)nc2c1ncn2C1O[C@H](CO)[C@@H](F)[C@@]1(C)O.COc1nc(N)nc2c1ncn2C1O[C@H](COP(=O)(N[C@@H](C)C(=O)OCc2ccccc2)Oc2cccc3ccccc23)[C@@H](F)[C@@]1(C)O.C[C@H](NP(=O)(Cl)Oc1cccc2ccccc12)C(=O)OCc1ccccc1.[CH2-]CCC.[Cl-].[Mg+2].